The number of nitrogens with zero attached hydrogens (tertiary/aromatic N) is 2. The molecule has 2 aromatic rings. The van der Waals surface area contributed by atoms with Crippen molar-refractivity contribution >= 4 is 28.6 Å². The SMILES string of the molecule is CCN(CC(=O)N[C@H]1CC[C@H](Oc2cccc3nc(C)cc(N)c23)CC1)C(=O)OC(C)(C)C. The molecular formula is C25H36N4O4. The molecule has 1 heterocycles. The lowest BCUT2D eigenvalue weighted by atomic mass is 9.93. The van der Waals surface area contributed by atoms with Gasteiger partial charge in [0.15, 0.2) is 0 Å². The minimum absolute atomic E-state index is 0.0104. The largest absolute Gasteiger partial charge is 0.490 e. The molecule has 0 saturated heterocycles. The predicted molar refractivity (Wildman–Crippen MR) is 129 cm³/mol. The van der Waals surface area contributed by atoms with E-state index in [0.717, 1.165) is 48.0 Å². The number of rotatable bonds is 6. The molecule has 1 aromatic heterocycles. The molecular weight excluding hydrogens is 420 g/mol. The van der Waals surface area contributed by atoms with Crippen LogP contribution in [0.5, 0.6) is 5.75 Å². The number of hydrogen-bond donors (Lipinski definition) is 2. The van der Waals surface area contributed by atoms with Gasteiger partial charge in [-0.05, 0) is 78.5 Å². The van der Waals surface area contributed by atoms with Crippen LogP contribution in [0.2, 0.25) is 0 Å². The normalized spacial score (nSPS) is 18.6. The first-order chi connectivity index (χ1) is 15.6. The van der Waals surface area contributed by atoms with E-state index in [4.69, 9.17) is 15.2 Å². The monoisotopic (exact) mass is 456 g/mol. The van der Waals surface area contributed by atoms with Gasteiger partial charge in [-0.3, -0.25) is 14.7 Å². The number of carbonyl (C=O) groups excluding carboxylic acids is 2. The molecule has 2 amide bonds. The maximum Gasteiger partial charge on any atom is 0.410 e. The standard InChI is InChI=1S/C25H36N4O4/c1-6-29(24(31)33-25(3,4)5)15-22(30)28-17-10-12-18(13-11-17)32-21-9-7-8-20-23(21)19(26)14-16(2)27-20/h7-9,14,17-18H,6,10-13,15H2,1-5H3,(H2,26,27)(H,28,30)/t17-,18-. The summed E-state index contributed by atoms with van der Waals surface area (Å²) >= 11 is 0. The van der Waals surface area contributed by atoms with Crippen molar-refractivity contribution in [1.82, 2.24) is 15.2 Å². The predicted octanol–water partition coefficient (Wildman–Crippen LogP) is 4.19. The van der Waals surface area contributed by atoms with Crippen LogP contribution in [0.25, 0.3) is 10.9 Å². The van der Waals surface area contributed by atoms with Crippen molar-refractivity contribution in [2.45, 2.75) is 78.0 Å². The first-order valence-electron chi connectivity index (χ1n) is 11.7. The quantitative estimate of drug-likeness (QED) is 0.675. The lowest BCUT2D eigenvalue weighted by molar-refractivity contribution is -0.123. The van der Waals surface area contributed by atoms with Crippen LogP contribution in [0.3, 0.4) is 0 Å². The second-order valence-electron chi connectivity index (χ2n) is 9.66. The molecule has 1 aromatic carbocycles. The van der Waals surface area contributed by atoms with Crippen molar-refractivity contribution in [1.29, 1.82) is 0 Å². The third-order valence-electron chi connectivity index (χ3n) is 5.65. The van der Waals surface area contributed by atoms with E-state index in [2.05, 4.69) is 10.3 Å². The zero-order valence-corrected chi connectivity index (χ0v) is 20.3. The van der Waals surface area contributed by atoms with Gasteiger partial charge in [-0.25, -0.2) is 4.79 Å². The van der Waals surface area contributed by atoms with E-state index < -0.39 is 11.7 Å². The molecule has 0 spiro atoms. The van der Waals surface area contributed by atoms with Gasteiger partial charge in [0.05, 0.1) is 17.0 Å². The van der Waals surface area contributed by atoms with Gasteiger partial charge in [0.25, 0.3) is 0 Å². The summed E-state index contributed by atoms with van der Waals surface area (Å²) in [6.45, 7) is 9.58. The molecule has 1 aliphatic rings. The molecule has 8 nitrogen and oxygen atoms in total. The van der Waals surface area contributed by atoms with E-state index in [1.807, 2.05) is 58.9 Å². The Morgan fingerprint density at radius 3 is 2.55 bits per heavy atom. The van der Waals surface area contributed by atoms with E-state index in [1.165, 1.54) is 4.90 Å². The second kappa shape index (κ2) is 10.3. The van der Waals surface area contributed by atoms with E-state index in [1.54, 1.807) is 0 Å². The highest BCUT2D eigenvalue weighted by Gasteiger charge is 2.27. The Labute approximate surface area is 195 Å². The number of pyridine rings is 1. The van der Waals surface area contributed by atoms with Crippen molar-refractivity contribution in [2.24, 2.45) is 0 Å². The van der Waals surface area contributed by atoms with Crippen molar-refractivity contribution in [3.8, 4) is 5.75 Å². The van der Waals surface area contributed by atoms with Crippen LogP contribution < -0.4 is 15.8 Å². The van der Waals surface area contributed by atoms with E-state index >= 15 is 0 Å². The third-order valence-corrected chi connectivity index (χ3v) is 5.65. The fourth-order valence-corrected chi connectivity index (χ4v) is 4.10. The van der Waals surface area contributed by atoms with Crippen molar-refractivity contribution < 1.29 is 19.1 Å². The number of carbonyl (C=O) groups is 2. The molecule has 1 aliphatic carbocycles. The molecule has 180 valence electrons. The first kappa shape index (κ1) is 24.6. The number of fused-ring (bicyclic) bond motifs is 1. The maximum atomic E-state index is 12.5. The summed E-state index contributed by atoms with van der Waals surface area (Å²) in [5.74, 6) is 0.580. The Morgan fingerprint density at radius 1 is 1.21 bits per heavy atom. The average Bonchev–Trinajstić information content (AvgIpc) is 2.71. The second-order valence-corrected chi connectivity index (χ2v) is 9.66. The van der Waals surface area contributed by atoms with E-state index in [9.17, 15) is 9.59 Å². The highest BCUT2D eigenvalue weighted by atomic mass is 16.6. The fourth-order valence-electron chi connectivity index (χ4n) is 4.10. The molecule has 0 unspecified atom stereocenters. The molecule has 0 atom stereocenters. The van der Waals surface area contributed by atoms with Gasteiger partial charge < -0.3 is 20.5 Å². The summed E-state index contributed by atoms with van der Waals surface area (Å²) in [6.07, 6.45) is 2.85. The number of anilines is 1. The molecule has 0 bridgehead atoms. The van der Waals surface area contributed by atoms with Gasteiger partial charge in [-0.15, -0.1) is 0 Å². The number of aryl methyl sites for hydroxylation is 1. The Morgan fingerprint density at radius 2 is 1.91 bits per heavy atom. The zero-order valence-electron chi connectivity index (χ0n) is 20.3. The number of amides is 2. The van der Waals surface area contributed by atoms with Gasteiger partial charge in [0.1, 0.15) is 17.9 Å². The molecule has 0 radical (unpaired) electrons. The molecule has 1 fully saturated rings. The topological polar surface area (TPSA) is 107 Å². The lowest BCUT2D eigenvalue weighted by Gasteiger charge is -2.31. The molecule has 0 aliphatic heterocycles. The Balaban J connectivity index is 1.52. The van der Waals surface area contributed by atoms with Crippen molar-refractivity contribution in [3.63, 3.8) is 0 Å². The maximum absolute atomic E-state index is 12.5. The van der Waals surface area contributed by atoms with Gasteiger partial charge >= 0.3 is 6.09 Å². The van der Waals surface area contributed by atoms with Crippen LogP contribution in [0.15, 0.2) is 24.3 Å². The number of aromatic nitrogens is 1. The smallest absolute Gasteiger partial charge is 0.410 e. The molecule has 3 N–H and O–H groups in total. The van der Waals surface area contributed by atoms with E-state index in [0.29, 0.717) is 12.2 Å². The van der Waals surface area contributed by atoms with Crippen LogP contribution in [0, 0.1) is 6.92 Å². The van der Waals surface area contributed by atoms with Crippen LogP contribution in [-0.2, 0) is 9.53 Å². The molecule has 3 rings (SSSR count). The summed E-state index contributed by atoms with van der Waals surface area (Å²) < 4.78 is 11.7. The van der Waals surface area contributed by atoms with Crippen molar-refractivity contribution in [3.05, 3.63) is 30.0 Å². The third kappa shape index (κ3) is 6.73. The number of benzene rings is 1. The molecule has 8 heteroatoms. The summed E-state index contributed by atoms with van der Waals surface area (Å²) in [5.41, 5.74) is 8.02. The highest BCUT2D eigenvalue weighted by molar-refractivity contribution is 5.95. The lowest BCUT2D eigenvalue weighted by Crippen LogP contribution is -2.46. The molecule has 1 saturated carbocycles. The van der Waals surface area contributed by atoms with Gasteiger partial charge in [-0.2, -0.15) is 0 Å². The van der Waals surface area contributed by atoms with Crippen molar-refractivity contribution in [2.75, 3.05) is 18.8 Å². The number of nitrogens with one attached hydrogen (secondary N) is 1. The number of ether oxygens (including phenoxy) is 2. The van der Waals surface area contributed by atoms with Crippen LogP contribution in [0.4, 0.5) is 10.5 Å². The van der Waals surface area contributed by atoms with Crippen LogP contribution in [-0.4, -0.2) is 52.7 Å². The number of hydrogen-bond acceptors (Lipinski definition) is 6. The number of likely N-dealkylation sites (N-methyl/N-ethyl adjacent to an activating group) is 1. The Bertz CT molecular complexity index is 994. The minimum Gasteiger partial charge on any atom is -0.490 e. The summed E-state index contributed by atoms with van der Waals surface area (Å²) in [7, 11) is 0. The summed E-state index contributed by atoms with van der Waals surface area (Å²) in [6, 6.07) is 7.73. The summed E-state index contributed by atoms with van der Waals surface area (Å²) in [5, 5.41) is 3.90. The van der Waals surface area contributed by atoms with Gasteiger partial charge in [-0.1, -0.05) is 6.07 Å². The summed E-state index contributed by atoms with van der Waals surface area (Å²) in [4.78, 5) is 30.8. The van der Waals surface area contributed by atoms with E-state index in [-0.39, 0.29) is 24.6 Å². The minimum atomic E-state index is -0.594. The zero-order chi connectivity index (χ0) is 24.2. The average molecular weight is 457 g/mol. The first-order valence-corrected chi connectivity index (χ1v) is 11.7. The number of nitrogen functional groups attached to an aromatic ring is 1. The highest BCUT2D eigenvalue weighted by Crippen LogP contribution is 2.33. The Kier molecular flexibility index (Phi) is 7.66. The van der Waals surface area contributed by atoms with Gasteiger partial charge in [0, 0.05) is 24.0 Å². The van der Waals surface area contributed by atoms with Crippen LogP contribution in [0.1, 0.15) is 59.1 Å². The number of nitrogens with two attached hydrogens (primary N) is 1. The van der Waals surface area contributed by atoms with Crippen LogP contribution >= 0.6 is 0 Å². The molecule has 33 heavy (non-hydrogen) atoms. The Hall–Kier alpha value is -3.03. The fraction of sp³-hybridized carbons (Fsp3) is 0.560. The van der Waals surface area contributed by atoms with Gasteiger partial charge in [0.2, 0.25) is 5.91 Å².